The Morgan fingerprint density at radius 1 is 1.11 bits per heavy atom. The fourth-order valence-corrected chi connectivity index (χ4v) is 1.92. The third-order valence-corrected chi connectivity index (χ3v) is 3.05. The van der Waals surface area contributed by atoms with Gasteiger partial charge >= 0.3 is 0 Å². The third kappa shape index (κ3) is 4.31. The summed E-state index contributed by atoms with van der Waals surface area (Å²) < 4.78 is 10.9. The van der Waals surface area contributed by atoms with Crippen LogP contribution in [0.15, 0.2) is 12.1 Å². The molecular formula is C15H26N2O2. The Bertz CT molecular complexity index is 403. The molecule has 0 aliphatic carbocycles. The molecule has 0 aromatic heterocycles. The molecule has 0 spiro atoms. The van der Waals surface area contributed by atoms with Gasteiger partial charge in [-0.3, -0.25) is 0 Å². The predicted molar refractivity (Wildman–Crippen MR) is 80.7 cm³/mol. The normalized spacial score (nSPS) is 10.9. The number of ether oxygens (including phenoxy) is 2. The number of benzene rings is 1. The Morgan fingerprint density at radius 3 is 2.21 bits per heavy atom. The van der Waals surface area contributed by atoms with Gasteiger partial charge < -0.3 is 19.7 Å². The van der Waals surface area contributed by atoms with E-state index in [-0.39, 0.29) is 0 Å². The van der Waals surface area contributed by atoms with E-state index in [0.717, 1.165) is 35.8 Å². The van der Waals surface area contributed by atoms with Crippen molar-refractivity contribution in [3.8, 4) is 11.5 Å². The monoisotopic (exact) mass is 266 g/mol. The van der Waals surface area contributed by atoms with Crippen LogP contribution in [-0.4, -0.2) is 46.3 Å². The van der Waals surface area contributed by atoms with Gasteiger partial charge in [-0.05, 0) is 26.1 Å². The molecule has 108 valence electrons. The van der Waals surface area contributed by atoms with E-state index >= 15 is 0 Å². The second-order valence-corrected chi connectivity index (χ2v) is 5.18. The van der Waals surface area contributed by atoms with Crippen LogP contribution in [0.2, 0.25) is 0 Å². The lowest BCUT2D eigenvalue weighted by Gasteiger charge is -2.18. The van der Waals surface area contributed by atoms with Crippen LogP contribution in [0.5, 0.6) is 11.5 Å². The second-order valence-electron chi connectivity index (χ2n) is 5.18. The summed E-state index contributed by atoms with van der Waals surface area (Å²) >= 11 is 0. The van der Waals surface area contributed by atoms with Gasteiger partial charge in [-0.1, -0.05) is 13.8 Å². The average Bonchev–Trinajstić information content (AvgIpc) is 2.37. The standard InChI is InChI=1S/C15H26N2O2/c1-11(2)12-9-15(19-6)13(10-14(12)18-5)16-7-8-17(3)4/h9-11,16H,7-8H2,1-6H3. The van der Waals surface area contributed by atoms with E-state index in [4.69, 9.17) is 9.47 Å². The van der Waals surface area contributed by atoms with Crippen molar-refractivity contribution in [3.63, 3.8) is 0 Å². The van der Waals surface area contributed by atoms with Gasteiger partial charge in [-0.15, -0.1) is 0 Å². The lowest BCUT2D eigenvalue weighted by atomic mass is 10.0. The molecule has 0 aliphatic rings. The number of anilines is 1. The number of nitrogens with zero attached hydrogens (tertiary/aromatic N) is 1. The summed E-state index contributed by atoms with van der Waals surface area (Å²) in [6, 6.07) is 4.07. The zero-order valence-corrected chi connectivity index (χ0v) is 12.9. The Balaban J connectivity index is 2.96. The Kier molecular flexibility index (Phi) is 5.96. The molecule has 0 unspecified atom stereocenters. The van der Waals surface area contributed by atoms with Crippen molar-refractivity contribution < 1.29 is 9.47 Å². The molecule has 0 heterocycles. The van der Waals surface area contributed by atoms with Crippen LogP contribution in [-0.2, 0) is 0 Å². The van der Waals surface area contributed by atoms with Crippen LogP contribution in [0, 0.1) is 0 Å². The van der Waals surface area contributed by atoms with Crippen molar-refractivity contribution in [2.45, 2.75) is 19.8 Å². The zero-order chi connectivity index (χ0) is 14.4. The fraction of sp³-hybridized carbons (Fsp3) is 0.600. The summed E-state index contributed by atoms with van der Waals surface area (Å²) in [6.45, 7) is 6.14. The molecule has 0 radical (unpaired) electrons. The third-order valence-electron chi connectivity index (χ3n) is 3.05. The van der Waals surface area contributed by atoms with E-state index in [2.05, 4.69) is 44.2 Å². The highest BCUT2D eigenvalue weighted by Crippen LogP contribution is 2.36. The first-order chi connectivity index (χ1) is 8.99. The Morgan fingerprint density at radius 2 is 1.74 bits per heavy atom. The molecule has 1 aromatic carbocycles. The van der Waals surface area contributed by atoms with E-state index < -0.39 is 0 Å². The van der Waals surface area contributed by atoms with Gasteiger partial charge in [0.2, 0.25) is 0 Å². The van der Waals surface area contributed by atoms with Gasteiger partial charge in [0.05, 0.1) is 19.9 Å². The van der Waals surface area contributed by atoms with Gasteiger partial charge in [0.15, 0.2) is 0 Å². The molecule has 0 atom stereocenters. The molecule has 4 heteroatoms. The van der Waals surface area contributed by atoms with E-state index in [1.807, 2.05) is 6.07 Å². The minimum atomic E-state index is 0.402. The second kappa shape index (κ2) is 7.24. The average molecular weight is 266 g/mol. The van der Waals surface area contributed by atoms with Gasteiger partial charge in [-0.25, -0.2) is 0 Å². The smallest absolute Gasteiger partial charge is 0.142 e. The number of hydrogen-bond acceptors (Lipinski definition) is 4. The molecule has 0 bridgehead atoms. The summed E-state index contributed by atoms with van der Waals surface area (Å²) in [6.07, 6.45) is 0. The first-order valence-electron chi connectivity index (χ1n) is 6.64. The van der Waals surface area contributed by atoms with Crippen LogP contribution in [0.4, 0.5) is 5.69 Å². The molecule has 1 N–H and O–H groups in total. The Hall–Kier alpha value is -1.42. The first-order valence-corrected chi connectivity index (χ1v) is 6.64. The summed E-state index contributed by atoms with van der Waals surface area (Å²) in [5, 5.41) is 3.39. The molecular weight excluding hydrogens is 240 g/mol. The topological polar surface area (TPSA) is 33.7 Å². The SMILES string of the molecule is COc1cc(C(C)C)c(OC)cc1NCCN(C)C. The largest absolute Gasteiger partial charge is 0.496 e. The van der Waals surface area contributed by atoms with Crippen LogP contribution in [0.3, 0.4) is 0 Å². The maximum absolute atomic E-state index is 5.47. The predicted octanol–water partition coefficient (Wildman–Crippen LogP) is 2.80. The minimum Gasteiger partial charge on any atom is -0.496 e. The van der Waals surface area contributed by atoms with Crippen LogP contribution in [0.25, 0.3) is 0 Å². The van der Waals surface area contributed by atoms with Crippen molar-refractivity contribution in [2.24, 2.45) is 0 Å². The maximum Gasteiger partial charge on any atom is 0.142 e. The molecule has 0 fully saturated rings. The number of hydrogen-bond donors (Lipinski definition) is 1. The minimum absolute atomic E-state index is 0.402. The quantitative estimate of drug-likeness (QED) is 0.823. The van der Waals surface area contributed by atoms with Gasteiger partial charge in [-0.2, -0.15) is 0 Å². The summed E-state index contributed by atoms with van der Waals surface area (Å²) in [5.74, 6) is 2.17. The number of nitrogens with one attached hydrogen (secondary N) is 1. The summed E-state index contributed by atoms with van der Waals surface area (Å²) in [4.78, 5) is 2.14. The van der Waals surface area contributed by atoms with E-state index in [0.29, 0.717) is 5.92 Å². The Labute approximate surface area is 116 Å². The number of methoxy groups -OCH3 is 2. The maximum atomic E-state index is 5.47. The molecule has 0 aliphatic heterocycles. The van der Waals surface area contributed by atoms with E-state index in [9.17, 15) is 0 Å². The summed E-state index contributed by atoms with van der Waals surface area (Å²) in [7, 11) is 7.52. The van der Waals surface area contributed by atoms with Crippen LogP contribution < -0.4 is 14.8 Å². The van der Waals surface area contributed by atoms with Gasteiger partial charge in [0.25, 0.3) is 0 Å². The highest BCUT2D eigenvalue weighted by atomic mass is 16.5. The van der Waals surface area contributed by atoms with Crippen molar-refractivity contribution in [1.82, 2.24) is 4.90 Å². The molecule has 19 heavy (non-hydrogen) atoms. The zero-order valence-electron chi connectivity index (χ0n) is 12.9. The number of likely N-dealkylation sites (N-methyl/N-ethyl adjacent to an activating group) is 1. The van der Waals surface area contributed by atoms with Crippen molar-refractivity contribution >= 4 is 5.69 Å². The van der Waals surface area contributed by atoms with Crippen molar-refractivity contribution in [3.05, 3.63) is 17.7 Å². The van der Waals surface area contributed by atoms with Crippen LogP contribution in [0.1, 0.15) is 25.3 Å². The molecule has 4 nitrogen and oxygen atoms in total. The van der Waals surface area contributed by atoms with Crippen molar-refractivity contribution in [2.75, 3.05) is 46.7 Å². The molecule has 1 rings (SSSR count). The van der Waals surface area contributed by atoms with Gasteiger partial charge in [0.1, 0.15) is 11.5 Å². The lowest BCUT2D eigenvalue weighted by Crippen LogP contribution is -2.21. The first kappa shape index (κ1) is 15.6. The summed E-state index contributed by atoms with van der Waals surface area (Å²) in [5.41, 5.74) is 2.14. The van der Waals surface area contributed by atoms with Gasteiger partial charge in [0, 0.05) is 24.7 Å². The van der Waals surface area contributed by atoms with E-state index in [1.165, 1.54) is 0 Å². The highest BCUT2D eigenvalue weighted by molar-refractivity contribution is 5.63. The number of rotatable bonds is 7. The van der Waals surface area contributed by atoms with Crippen molar-refractivity contribution in [1.29, 1.82) is 0 Å². The molecule has 1 aromatic rings. The fourth-order valence-electron chi connectivity index (χ4n) is 1.92. The van der Waals surface area contributed by atoms with E-state index in [1.54, 1.807) is 14.2 Å². The molecule has 0 saturated carbocycles. The highest BCUT2D eigenvalue weighted by Gasteiger charge is 2.13. The molecule has 0 amide bonds. The molecule has 0 saturated heterocycles. The van der Waals surface area contributed by atoms with Crippen LogP contribution >= 0.6 is 0 Å². The lowest BCUT2D eigenvalue weighted by molar-refractivity contribution is 0.397.